The maximum Gasteiger partial charge on any atom is 0.419 e. The first kappa shape index (κ1) is 15.8. The average Bonchev–Trinajstić information content (AvgIpc) is 2.26. The molecule has 0 amide bonds. The number of hydrogen-bond acceptors (Lipinski definition) is 2. The molecule has 1 aromatic carbocycles. The van der Waals surface area contributed by atoms with Crippen LogP contribution in [-0.4, -0.2) is 11.7 Å². The van der Waals surface area contributed by atoms with Crippen molar-refractivity contribution in [1.82, 2.24) is 0 Å². The third kappa shape index (κ3) is 5.11. The van der Waals surface area contributed by atoms with E-state index < -0.39 is 18.3 Å². The number of alkyl halides is 3. The molecule has 2 nitrogen and oxygen atoms in total. The van der Waals surface area contributed by atoms with Crippen LogP contribution in [0.3, 0.4) is 0 Å². The fourth-order valence-corrected chi connectivity index (χ4v) is 1.49. The van der Waals surface area contributed by atoms with Crippen LogP contribution in [-0.2, 0) is 12.8 Å². The minimum absolute atomic E-state index is 0.00341. The Morgan fingerprint density at radius 2 is 1.79 bits per heavy atom. The van der Waals surface area contributed by atoms with Crippen molar-refractivity contribution in [1.29, 1.82) is 0 Å². The van der Waals surface area contributed by atoms with Crippen molar-refractivity contribution in [3.8, 4) is 5.75 Å². The van der Waals surface area contributed by atoms with Gasteiger partial charge in [0.1, 0.15) is 5.75 Å². The number of benzene rings is 1. The summed E-state index contributed by atoms with van der Waals surface area (Å²) in [5, 5.41) is 8.89. The van der Waals surface area contributed by atoms with Crippen molar-refractivity contribution < 1.29 is 23.0 Å². The molecule has 1 rings (SSSR count). The average molecular weight is 276 g/mol. The van der Waals surface area contributed by atoms with E-state index in [1.807, 2.05) is 20.8 Å². The third-order valence-electron chi connectivity index (χ3n) is 2.64. The van der Waals surface area contributed by atoms with E-state index in [0.29, 0.717) is 6.42 Å². The van der Waals surface area contributed by atoms with Gasteiger partial charge in [0.25, 0.3) is 0 Å². The van der Waals surface area contributed by atoms with E-state index in [9.17, 15) is 13.2 Å². The van der Waals surface area contributed by atoms with E-state index in [-0.39, 0.29) is 23.3 Å². The number of halogens is 3. The van der Waals surface area contributed by atoms with E-state index in [1.54, 1.807) is 0 Å². The minimum Gasteiger partial charge on any atom is -0.493 e. The Balaban J connectivity index is 2.88. The van der Waals surface area contributed by atoms with Gasteiger partial charge in [0.2, 0.25) is 0 Å². The molecular weight excluding hydrogens is 257 g/mol. The molecule has 0 aliphatic carbocycles. The van der Waals surface area contributed by atoms with Crippen molar-refractivity contribution in [2.24, 2.45) is 5.41 Å². The second-order valence-corrected chi connectivity index (χ2v) is 5.65. The zero-order valence-electron chi connectivity index (χ0n) is 11.3. The van der Waals surface area contributed by atoms with Gasteiger partial charge in [-0.05, 0) is 29.5 Å². The zero-order valence-corrected chi connectivity index (χ0v) is 11.3. The van der Waals surface area contributed by atoms with Crippen molar-refractivity contribution in [2.45, 2.75) is 40.0 Å². The second kappa shape index (κ2) is 5.82. The summed E-state index contributed by atoms with van der Waals surface area (Å²) < 4.78 is 43.8. The molecule has 19 heavy (non-hydrogen) atoms. The highest BCUT2D eigenvalue weighted by atomic mass is 19.4. The smallest absolute Gasteiger partial charge is 0.419 e. The summed E-state index contributed by atoms with van der Waals surface area (Å²) in [5.74, 6) is -0.186. The highest BCUT2D eigenvalue weighted by molar-refractivity contribution is 5.39. The van der Waals surface area contributed by atoms with Crippen LogP contribution in [0.1, 0.15) is 38.3 Å². The number of hydrogen-bond donors (Lipinski definition) is 1. The maximum absolute atomic E-state index is 12.9. The molecule has 0 saturated carbocycles. The highest BCUT2D eigenvalue weighted by Gasteiger charge is 2.34. The summed E-state index contributed by atoms with van der Waals surface area (Å²) in [6.45, 7) is 5.79. The normalized spacial score (nSPS) is 12.6. The fraction of sp³-hybridized carbons (Fsp3) is 0.571. The summed E-state index contributed by atoms with van der Waals surface area (Å²) in [5.41, 5.74) is -0.618. The van der Waals surface area contributed by atoms with Gasteiger partial charge < -0.3 is 9.84 Å². The van der Waals surface area contributed by atoms with Crippen LogP contribution < -0.4 is 4.74 Å². The first-order chi connectivity index (χ1) is 8.63. The van der Waals surface area contributed by atoms with Crippen LogP contribution in [0.4, 0.5) is 13.2 Å². The SMILES string of the molecule is CC(C)(C)CCOc1ccc(CO)cc1C(F)(F)F. The van der Waals surface area contributed by atoms with Gasteiger partial charge in [-0.2, -0.15) is 13.2 Å². The summed E-state index contributed by atoms with van der Waals surface area (Å²) in [4.78, 5) is 0. The van der Waals surface area contributed by atoms with E-state index in [1.165, 1.54) is 12.1 Å². The molecule has 0 aliphatic rings. The summed E-state index contributed by atoms with van der Waals surface area (Å²) >= 11 is 0. The van der Waals surface area contributed by atoms with Gasteiger partial charge >= 0.3 is 6.18 Å². The maximum atomic E-state index is 12.9. The van der Waals surface area contributed by atoms with Crippen LogP contribution in [0, 0.1) is 5.41 Å². The Morgan fingerprint density at radius 3 is 2.26 bits per heavy atom. The predicted molar refractivity (Wildman–Crippen MR) is 66.9 cm³/mol. The van der Waals surface area contributed by atoms with Crippen molar-refractivity contribution in [3.63, 3.8) is 0 Å². The molecule has 0 saturated heterocycles. The molecule has 0 aromatic heterocycles. The lowest BCUT2D eigenvalue weighted by atomic mass is 9.93. The molecule has 0 heterocycles. The number of aliphatic hydroxyl groups excluding tert-OH is 1. The van der Waals surface area contributed by atoms with Gasteiger partial charge in [-0.3, -0.25) is 0 Å². The lowest BCUT2D eigenvalue weighted by molar-refractivity contribution is -0.139. The molecule has 0 bridgehead atoms. The molecule has 1 aromatic rings. The van der Waals surface area contributed by atoms with E-state index in [2.05, 4.69) is 0 Å². The Morgan fingerprint density at radius 1 is 1.16 bits per heavy atom. The van der Waals surface area contributed by atoms with Crippen molar-refractivity contribution >= 4 is 0 Å². The lowest BCUT2D eigenvalue weighted by Gasteiger charge is -2.20. The highest BCUT2D eigenvalue weighted by Crippen LogP contribution is 2.37. The third-order valence-corrected chi connectivity index (χ3v) is 2.64. The first-order valence-electron chi connectivity index (χ1n) is 6.07. The van der Waals surface area contributed by atoms with Crippen LogP contribution in [0.2, 0.25) is 0 Å². The van der Waals surface area contributed by atoms with E-state index in [0.717, 1.165) is 6.07 Å². The van der Waals surface area contributed by atoms with Crippen molar-refractivity contribution in [2.75, 3.05) is 6.61 Å². The standard InChI is InChI=1S/C14H19F3O2/c1-13(2,3)6-7-19-12-5-4-10(9-18)8-11(12)14(15,16)17/h4-5,8,18H,6-7,9H2,1-3H3. The van der Waals surface area contributed by atoms with Crippen LogP contribution in [0.15, 0.2) is 18.2 Å². The monoisotopic (exact) mass is 276 g/mol. The molecule has 1 N–H and O–H groups in total. The van der Waals surface area contributed by atoms with Crippen LogP contribution in [0.25, 0.3) is 0 Å². The Kier molecular flexibility index (Phi) is 4.85. The summed E-state index contributed by atoms with van der Waals surface area (Å²) in [7, 11) is 0. The zero-order chi connectivity index (χ0) is 14.7. The Labute approximate surface area is 111 Å². The Hall–Kier alpha value is -1.23. The second-order valence-electron chi connectivity index (χ2n) is 5.65. The van der Waals surface area contributed by atoms with Gasteiger partial charge in [0, 0.05) is 0 Å². The molecule has 0 spiro atoms. The van der Waals surface area contributed by atoms with Crippen molar-refractivity contribution in [3.05, 3.63) is 29.3 Å². The molecule has 0 unspecified atom stereocenters. The summed E-state index contributed by atoms with van der Waals surface area (Å²) in [6, 6.07) is 3.62. The molecule has 0 aliphatic heterocycles. The number of rotatable bonds is 4. The molecule has 108 valence electrons. The van der Waals surface area contributed by atoms with Gasteiger partial charge in [-0.25, -0.2) is 0 Å². The van der Waals surface area contributed by atoms with Gasteiger partial charge in [0.05, 0.1) is 18.8 Å². The van der Waals surface area contributed by atoms with Gasteiger partial charge in [-0.1, -0.05) is 26.8 Å². The molecule has 0 radical (unpaired) electrons. The lowest BCUT2D eigenvalue weighted by Crippen LogP contribution is -2.14. The first-order valence-corrected chi connectivity index (χ1v) is 6.07. The predicted octanol–water partition coefficient (Wildman–Crippen LogP) is 4.01. The molecule has 5 heteroatoms. The molecule has 0 fully saturated rings. The fourth-order valence-electron chi connectivity index (χ4n) is 1.49. The Bertz CT molecular complexity index is 420. The molecule has 0 atom stereocenters. The molecular formula is C14H19F3O2. The summed E-state index contributed by atoms with van der Waals surface area (Å²) in [6.07, 6.45) is -3.83. The van der Waals surface area contributed by atoms with Gasteiger partial charge in [-0.15, -0.1) is 0 Å². The van der Waals surface area contributed by atoms with Crippen LogP contribution in [0.5, 0.6) is 5.75 Å². The number of ether oxygens (including phenoxy) is 1. The largest absolute Gasteiger partial charge is 0.493 e. The van der Waals surface area contributed by atoms with Gasteiger partial charge in [0.15, 0.2) is 0 Å². The van der Waals surface area contributed by atoms with E-state index >= 15 is 0 Å². The quantitative estimate of drug-likeness (QED) is 0.900. The minimum atomic E-state index is -4.48. The number of aliphatic hydroxyl groups is 1. The van der Waals surface area contributed by atoms with E-state index in [4.69, 9.17) is 9.84 Å². The topological polar surface area (TPSA) is 29.5 Å². The van der Waals surface area contributed by atoms with Crippen LogP contribution >= 0.6 is 0 Å².